The molecule has 3 aliphatic rings. The van der Waals surface area contributed by atoms with Crippen LogP contribution in [0.15, 0.2) is 48.5 Å². The summed E-state index contributed by atoms with van der Waals surface area (Å²) in [7, 11) is 4.59. The van der Waals surface area contributed by atoms with Gasteiger partial charge < -0.3 is 9.13 Å². The van der Waals surface area contributed by atoms with Gasteiger partial charge in [0, 0.05) is 58.1 Å². The molecule has 2 atom stereocenters. The Morgan fingerprint density at radius 1 is 0.643 bits per heavy atom. The van der Waals surface area contributed by atoms with Gasteiger partial charge in [-0.3, -0.25) is 0 Å². The van der Waals surface area contributed by atoms with E-state index in [2.05, 4.69) is 71.8 Å². The van der Waals surface area contributed by atoms with E-state index in [1.165, 1.54) is 60.3 Å². The molecule has 2 heterocycles. The molecule has 0 spiro atoms. The molecule has 0 aliphatic heterocycles. The molecule has 2 aromatic heterocycles. The average molecular weight is 367 g/mol. The highest BCUT2D eigenvalue weighted by Crippen LogP contribution is 2.68. The third kappa shape index (κ3) is 1.42. The first-order valence-electron chi connectivity index (χ1n) is 10.8. The molecule has 140 valence electrons. The molecule has 4 aromatic rings. The zero-order valence-electron chi connectivity index (χ0n) is 16.8. The summed E-state index contributed by atoms with van der Waals surface area (Å²) in [5.74, 6) is 0. The number of aromatic nitrogens is 2. The van der Waals surface area contributed by atoms with Gasteiger partial charge in [-0.15, -0.1) is 0 Å². The average Bonchev–Trinajstić information content (AvgIpc) is 3.37. The van der Waals surface area contributed by atoms with E-state index in [9.17, 15) is 0 Å². The number of hydrogen-bond donors (Lipinski definition) is 0. The van der Waals surface area contributed by atoms with Gasteiger partial charge in [0.25, 0.3) is 0 Å². The van der Waals surface area contributed by atoms with Crippen LogP contribution in [0, 0.1) is 0 Å². The number of rotatable bonds is 0. The van der Waals surface area contributed by atoms with Crippen molar-refractivity contribution in [1.29, 1.82) is 0 Å². The van der Waals surface area contributed by atoms with Crippen molar-refractivity contribution in [2.24, 2.45) is 14.1 Å². The molecule has 7 rings (SSSR count). The molecule has 28 heavy (non-hydrogen) atoms. The van der Waals surface area contributed by atoms with Crippen molar-refractivity contribution in [3.63, 3.8) is 0 Å². The molecule has 1 unspecified atom stereocenters. The molecule has 3 aliphatic carbocycles. The maximum Gasteiger partial charge on any atom is 0.0483 e. The minimum atomic E-state index is 0.300. The van der Waals surface area contributed by atoms with Gasteiger partial charge >= 0.3 is 0 Å². The van der Waals surface area contributed by atoms with E-state index in [4.69, 9.17) is 0 Å². The predicted molar refractivity (Wildman–Crippen MR) is 115 cm³/mol. The first-order valence-corrected chi connectivity index (χ1v) is 10.8. The van der Waals surface area contributed by atoms with Gasteiger partial charge in [-0.05, 0) is 48.9 Å². The quantitative estimate of drug-likeness (QED) is 0.387. The van der Waals surface area contributed by atoms with Crippen molar-refractivity contribution in [2.75, 3.05) is 0 Å². The second-order valence-corrected chi connectivity index (χ2v) is 9.52. The van der Waals surface area contributed by atoms with Crippen LogP contribution in [0.2, 0.25) is 0 Å². The van der Waals surface area contributed by atoms with Crippen molar-refractivity contribution < 1.29 is 0 Å². The minimum Gasteiger partial charge on any atom is -0.347 e. The van der Waals surface area contributed by atoms with E-state index in [-0.39, 0.29) is 0 Å². The van der Waals surface area contributed by atoms with E-state index in [0.717, 1.165) is 0 Å². The van der Waals surface area contributed by atoms with Crippen molar-refractivity contribution >= 4 is 21.8 Å². The van der Waals surface area contributed by atoms with Gasteiger partial charge in [-0.2, -0.15) is 0 Å². The summed E-state index contributed by atoms with van der Waals surface area (Å²) in [5.41, 5.74) is 10.1. The fraction of sp³-hybridized carbons (Fsp3) is 0.385. The first-order chi connectivity index (χ1) is 13.7. The lowest BCUT2D eigenvalue weighted by Crippen LogP contribution is -2.46. The lowest BCUT2D eigenvalue weighted by Gasteiger charge is -2.46. The Kier molecular flexibility index (Phi) is 2.61. The predicted octanol–water partition coefficient (Wildman–Crippen LogP) is 5.53. The van der Waals surface area contributed by atoms with Crippen LogP contribution < -0.4 is 0 Å². The lowest BCUT2D eigenvalue weighted by molar-refractivity contribution is 0.178. The molecule has 0 amide bonds. The van der Waals surface area contributed by atoms with Gasteiger partial charge in [0.15, 0.2) is 0 Å². The minimum absolute atomic E-state index is 0.300. The second-order valence-electron chi connectivity index (χ2n) is 9.52. The molecular formula is C26H26N2. The van der Waals surface area contributed by atoms with Crippen molar-refractivity contribution in [3.05, 3.63) is 71.0 Å². The van der Waals surface area contributed by atoms with E-state index < -0.39 is 0 Å². The van der Waals surface area contributed by atoms with Crippen molar-refractivity contribution in [2.45, 2.75) is 49.4 Å². The molecule has 1 fully saturated rings. The van der Waals surface area contributed by atoms with Crippen LogP contribution in [0.3, 0.4) is 0 Å². The maximum atomic E-state index is 2.52. The number of hydrogen-bond acceptors (Lipinski definition) is 0. The summed E-state index contributed by atoms with van der Waals surface area (Å²) < 4.78 is 5.03. The molecule has 2 heteroatoms. The topological polar surface area (TPSA) is 9.86 Å². The highest BCUT2D eigenvalue weighted by Gasteiger charge is 2.65. The Hall–Kier alpha value is -2.48. The summed E-state index contributed by atoms with van der Waals surface area (Å²) in [4.78, 5) is 0. The van der Waals surface area contributed by atoms with Gasteiger partial charge in [-0.25, -0.2) is 0 Å². The third-order valence-corrected chi connectivity index (χ3v) is 8.73. The number of nitrogens with zero attached hydrogens (tertiary/aromatic N) is 2. The van der Waals surface area contributed by atoms with Crippen LogP contribution in [0.1, 0.15) is 48.2 Å². The number of fused-ring (bicyclic) bond motifs is 6. The number of benzene rings is 2. The van der Waals surface area contributed by atoms with Gasteiger partial charge in [0.1, 0.15) is 0 Å². The number of aryl methyl sites for hydroxylation is 2. The van der Waals surface area contributed by atoms with Gasteiger partial charge in [0.2, 0.25) is 0 Å². The highest BCUT2D eigenvalue weighted by atomic mass is 15.0. The molecule has 2 nitrogen and oxygen atoms in total. The van der Waals surface area contributed by atoms with Gasteiger partial charge in [0.05, 0.1) is 0 Å². The fourth-order valence-electron chi connectivity index (χ4n) is 7.70. The maximum absolute atomic E-state index is 2.52. The van der Waals surface area contributed by atoms with E-state index in [0.29, 0.717) is 10.8 Å². The normalized spacial score (nSPS) is 27.8. The monoisotopic (exact) mass is 366 g/mol. The zero-order valence-corrected chi connectivity index (χ0v) is 16.8. The summed E-state index contributed by atoms with van der Waals surface area (Å²) in [6.07, 6.45) is 7.86. The van der Waals surface area contributed by atoms with Crippen LogP contribution in [0.4, 0.5) is 0 Å². The molecule has 0 bridgehead atoms. The molecule has 0 N–H and O–H groups in total. The summed E-state index contributed by atoms with van der Waals surface area (Å²) in [6, 6.07) is 18.3. The van der Waals surface area contributed by atoms with Crippen molar-refractivity contribution in [3.8, 4) is 0 Å². The van der Waals surface area contributed by atoms with Crippen LogP contribution in [0.5, 0.6) is 0 Å². The van der Waals surface area contributed by atoms with E-state index in [1.54, 1.807) is 22.5 Å². The first kappa shape index (κ1) is 15.4. The van der Waals surface area contributed by atoms with E-state index >= 15 is 0 Å². The summed E-state index contributed by atoms with van der Waals surface area (Å²) in [6.45, 7) is 0. The highest BCUT2D eigenvalue weighted by molar-refractivity contribution is 5.93. The van der Waals surface area contributed by atoms with Crippen LogP contribution >= 0.6 is 0 Å². The molecule has 2 aromatic carbocycles. The van der Waals surface area contributed by atoms with Crippen molar-refractivity contribution in [1.82, 2.24) is 9.13 Å². The fourth-order valence-corrected chi connectivity index (χ4v) is 7.70. The lowest BCUT2D eigenvalue weighted by atomic mass is 9.56. The Labute approximate surface area is 165 Å². The molecule has 0 radical (unpaired) electrons. The van der Waals surface area contributed by atoms with Gasteiger partial charge in [-0.1, -0.05) is 49.2 Å². The molecule has 1 saturated carbocycles. The Bertz CT molecular complexity index is 1200. The molecular weight excluding hydrogens is 340 g/mol. The Morgan fingerprint density at radius 2 is 1.07 bits per heavy atom. The van der Waals surface area contributed by atoms with Crippen LogP contribution in [-0.4, -0.2) is 9.13 Å². The van der Waals surface area contributed by atoms with Crippen LogP contribution in [-0.2, 0) is 37.8 Å². The SMILES string of the molecule is Cn1c2c(c3ccccc31)C13CCCC[C@@]1(C2)c1c(n(C)c2ccccc12)C3. The summed E-state index contributed by atoms with van der Waals surface area (Å²) >= 11 is 0. The zero-order chi connectivity index (χ0) is 18.7. The van der Waals surface area contributed by atoms with E-state index in [1.807, 2.05) is 0 Å². The Balaban J connectivity index is 1.62. The summed E-state index contributed by atoms with van der Waals surface area (Å²) in [5, 5.41) is 3.03. The molecule has 0 saturated heterocycles. The standard InChI is InChI=1S/C26H26N2/c1-27-19-11-5-3-9-17(19)23-21(27)15-25-13-7-8-14-26(23,25)16-22-24(25)18-10-4-6-12-20(18)28(22)2/h3-6,9-12H,7-8,13-16H2,1-2H3/t25-,26?/m1/s1. The third-order valence-electron chi connectivity index (χ3n) is 8.73. The largest absolute Gasteiger partial charge is 0.347 e. The second kappa shape index (κ2) is 4.74. The smallest absolute Gasteiger partial charge is 0.0483 e. The van der Waals surface area contributed by atoms with Crippen LogP contribution in [0.25, 0.3) is 21.8 Å². The Morgan fingerprint density at radius 3 is 1.54 bits per heavy atom. The number of para-hydroxylation sites is 2.